The molecule has 7 nitrogen and oxygen atoms in total. The van der Waals surface area contributed by atoms with Crippen molar-refractivity contribution in [1.29, 1.82) is 0 Å². The van der Waals surface area contributed by atoms with Gasteiger partial charge in [-0.05, 0) is 11.6 Å². The van der Waals surface area contributed by atoms with Crippen LogP contribution in [0.3, 0.4) is 0 Å². The van der Waals surface area contributed by atoms with Crippen LogP contribution in [-0.4, -0.2) is 45.8 Å². The third-order valence-corrected chi connectivity index (χ3v) is 4.82. The number of hydrogen-bond acceptors (Lipinski definition) is 5. The first-order valence-corrected chi connectivity index (χ1v) is 9.10. The number of Topliss-reactive ketones (excluding diaryl/α,β-unsaturated/α-hetero) is 1. The van der Waals surface area contributed by atoms with Crippen LogP contribution in [0.15, 0.2) is 12.1 Å². The van der Waals surface area contributed by atoms with E-state index in [-0.39, 0.29) is 24.8 Å². The van der Waals surface area contributed by atoms with Crippen LogP contribution in [0.4, 0.5) is 26.3 Å². The summed E-state index contributed by atoms with van der Waals surface area (Å²) in [5.41, 5.74) is -1.25. The zero-order chi connectivity index (χ0) is 23.8. The lowest BCUT2D eigenvalue weighted by Crippen LogP contribution is -2.40. The van der Waals surface area contributed by atoms with Gasteiger partial charge in [-0.2, -0.15) is 13.2 Å². The Morgan fingerprint density at radius 2 is 1.72 bits per heavy atom. The number of amides is 1. The largest absolute Gasteiger partial charge is 0.464 e. The van der Waals surface area contributed by atoms with Crippen molar-refractivity contribution >= 4 is 17.7 Å². The van der Waals surface area contributed by atoms with Crippen molar-refractivity contribution in [2.24, 2.45) is 0 Å². The van der Waals surface area contributed by atoms with Gasteiger partial charge in [-0.1, -0.05) is 0 Å². The van der Waals surface area contributed by atoms with Crippen molar-refractivity contribution < 1.29 is 45.5 Å². The van der Waals surface area contributed by atoms with Gasteiger partial charge in [-0.3, -0.25) is 9.59 Å². The molecule has 0 radical (unpaired) electrons. The molecule has 172 valence electrons. The highest BCUT2D eigenvalue weighted by molar-refractivity contribution is 5.99. The summed E-state index contributed by atoms with van der Waals surface area (Å²) in [6.07, 6.45) is -6.30. The number of hydrogen-bond donors (Lipinski definition) is 0. The van der Waals surface area contributed by atoms with E-state index in [4.69, 9.17) is 0 Å². The standard InChI is InChI=1S/C19H15F6N3O4/c1-32-17(31)16-14-8-27(2-3-28(14)18(26-16)19(23,24)25)15(30)6-10(29)4-9-5-12(21)13(22)7-11(9)20/h5,7H,2-4,6,8H2,1H3. The molecular weight excluding hydrogens is 448 g/mol. The molecule has 0 saturated carbocycles. The number of ketones is 1. The smallest absolute Gasteiger partial charge is 0.449 e. The minimum absolute atomic E-state index is 0.206. The number of methoxy groups -OCH3 is 1. The number of carbonyl (C=O) groups is 3. The van der Waals surface area contributed by atoms with Crippen molar-refractivity contribution in [2.45, 2.75) is 32.1 Å². The quantitative estimate of drug-likeness (QED) is 0.295. The molecule has 3 rings (SSSR count). The third kappa shape index (κ3) is 4.60. The summed E-state index contributed by atoms with van der Waals surface area (Å²) in [6, 6.07) is 0.784. The second-order valence-corrected chi connectivity index (χ2v) is 6.94. The molecule has 0 N–H and O–H groups in total. The number of rotatable bonds is 5. The van der Waals surface area contributed by atoms with Gasteiger partial charge >= 0.3 is 12.1 Å². The SMILES string of the molecule is COC(=O)c1nc(C(F)(F)F)n2c1CN(C(=O)CC(=O)Cc1cc(F)c(F)cc1F)CC2. The monoisotopic (exact) mass is 463 g/mol. The summed E-state index contributed by atoms with van der Waals surface area (Å²) in [4.78, 5) is 40.8. The van der Waals surface area contributed by atoms with Crippen LogP contribution in [0.5, 0.6) is 0 Å². The molecule has 0 bridgehead atoms. The molecule has 1 aromatic heterocycles. The Morgan fingerprint density at radius 1 is 1.06 bits per heavy atom. The van der Waals surface area contributed by atoms with Gasteiger partial charge in [0.25, 0.3) is 0 Å². The molecule has 0 saturated heterocycles. The number of benzene rings is 1. The highest BCUT2D eigenvalue weighted by Crippen LogP contribution is 2.32. The Balaban J connectivity index is 1.76. The summed E-state index contributed by atoms with van der Waals surface area (Å²) in [7, 11) is 0.961. The van der Waals surface area contributed by atoms with E-state index >= 15 is 0 Å². The summed E-state index contributed by atoms with van der Waals surface area (Å²) < 4.78 is 84.9. The minimum atomic E-state index is -4.85. The lowest BCUT2D eigenvalue weighted by atomic mass is 10.1. The molecule has 0 spiro atoms. The first-order chi connectivity index (χ1) is 14.9. The Kier molecular flexibility index (Phi) is 6.28. The Morgan fingerprint density at radius 3 is 2.34 bits per heavy atom. The van der Waals surface area contributed by atoms with Crippen LogP contribution in [0.25, 0.3) is 0 Å². The van der Waals surface area contributed by atoms with Crippen molar-refractivity contribution in [3.05, 3.63) is 52.4 Å². The van der Waals surface area contributed by atoms with E-state index in [0.29, 0.717) is 6.07 Å². The van der Waals surface area contributed by atoms with Crippen LogP contribution < -0.4 is 0 Å². The normalized spacial score (nSPS) is 13.7. The lowest BCUT2D eigenvalue weighted by molar-refractivity contribution is -0.148. The van der Waals surface area contributed by atoms with E-state index in [0.717, 1.165) is 16.6 Å². The molecule has 0 aliphatic carbocycles. The summed E-state index contributed by atoms with van der Waals surface area (Å²) in [5.74, 6) is -8.00. The number of ether oxygens (including phenoxy) is 1. The van der Waals surface area contributed by atoms with E-state index in [1.807, 2.05) is 0 Å². The van der Waals surface area contributed by atoms with Gasteiger partial charge in [0, 0.05) is 25.6 Å². The van der Waals surface area contributed by atoms with Crippen LogP contribution in [0.1, 0.15) is 34.0 Å². The van der Waals surface area contributed by atoms with Crippen molar-refractivity contribution in [3.63, 3.8) is 0 Å². The van der Waals surface area contributed by atoms with Crippen LogP contribution in [0, 0.1) is 17.5 Å². The topological polar surface area (TPSA) is 81.5 Å². The maximum Gasteiger partial charge on any atom is 0.449 e. The van der Waals surface area contributed by atoms with Crippen molar-refractivity contribution in [3.8, 4) is 0 Å². The highest BCUT2D eigenvalue weighted by Gasteiger charge is 2.42. The average Bonchev–Trinajstić information content (AvgIpc) is 3.10. The highest BCUT2D eigenvalue weighted by atomic mass is 19.4. The maximum absolute atomic E-state index is 13.7. The first kappa shape index (κ1) is 23.3. The van der Waals surface area contributed by atoms with Crippen LogP contribution in [-0.2, 0) is 40.0 Å². The van der Waals surface area contributed by atoms with Gasteiger partial charge in [0.15, 0.2) is 17.3 Å². The summed E-state index contributed by atoms with van der Waals surface area (Å²) in [5, 5.41) is 0. The Bertz CT molecular complexity index is 1100. The maximum atomic E-state index is 13.7. The molecule has 2 heterocycles. The molecule has 1 aliphatic heterocycles. The lowest BCUT2D eigenvalue weighted by Gasteiger charge is -2.29. The zero-order valence-corrected chi connectivity index (χ0v) is 16.4. The van der Waals surface area contributed by atoms with Crippen molar-refractivity contribution in [2.75, 3.05) is 13.7 Å². The second kappa shape index (κ2) is 8.63. The van der Waals surface area contributed by atoms with E-state index in [1.165, 1.54) is 0 Å². The summed E-state index contributed by atoms with van der Waals surface area (Å²) in [6.45, 7) is -0.996. The Labute approximate surface area is 176 Å². The van der Waals surface area contributed by atoms with Crippen LogP contribution >= 0.6 is 0 Å². The van der Waals surface area contributed by atoms with Gasteiger partial charge in [0.05, 0.1) is 25.8 Å². The first-order valence-electron chi connectivity index (χ1n) is 9.10. The predicted molar refractivity (Wildman–Crippen MR) is 93.6 cm³/mol. The molecular formula is C19H15F6N3O4. The average molecular weight is 463 g/mol. The van der Waals surface area contributed by atoms with Gasteiger partial charge in [0.2, 0.25) is 11.7 Å². The Hall–Kier alpha value is -3.38. The van der Waals surface area contributed by atoms with Gasteiger partial charge in [-0.15, -0.1) is 0 Å². The number of alkyl halides is 3. The number of esters is 1. The number of nitrogens with zero attached hydrogens (tertiary/aromatic N) is 3. The molecule has 32 heavy (non-hydrogen) atoms. The number of imidazole rings is 1. The predicted octanol–water partition coefficient (Wildman–Crippen LogP) is 2.65. The molecule has 0 fully saturated rings. The minimum Gasteiger partial charge on any atom is -0.464 e. The molecule has 1 aliphatic rings. The zero-order valence-electron chi connectivity index (χ0n) is 16.4. The summed E-state index contributed by atoms with van der Waals surface area (Å²) >= 11 is 0. The number of carbonyl (C=O) groups excluding carboxylic acids is 3. The van der Waals surface area contributed by atoms with E-state index in [9.17, 15) is 40.7 Å². The van der Waals surface area contributed by atoms with E-state index < -0.39 is 77.8 Å². The molecule has 2 aromatic rings. The second-order valence-electron chi connectivity index (χ2n) is 6.94. The van der Waals surface area contributed by atoms with Crippen LogP contribution in [0.2, 0.25) is 0 Å². The number of aromatic nitrogens is 2. The molecule has 0 atom stereocenters. The fourth-order valence-electron chi connectivity index (χ4n) is 3.31. The molecule has 0 unspecified atom stereocenters. The van der Waals surface area contributed by atoms with Crippen molar-refractivity contribution in [1.82, 2.24) is 14.5 Å². The van der Waals surface area contributed by atoms with Gasteiger partial charge < -0.3 is 14.2 Å². The third-order valence-electron chi connectivity index (χ3n) is 4.82. The fraction of sp³-hybridized carbons (Fsp3) is 0.368. The fourth-order valence-corrected chi connectivity index (χ4v) is 3.31. The number of fused-ring (bicyclic) bond motifs is 1. The molecule has 13 heteroatoms. The van der Waals surface area contributed by atoms with E-state index in [2.05, 4.69) is 9.72 Å². The van der Waals surface area contributed by atoms with E-state index in [1.54, 1.807) is 0 Å². The molecule has 1 amide bonds. The number of halogens is 6. The van der Waals surface area contributed by atoms with Gasteiger partial charge in [-0.25, -0.2) is 22.9 Å². The molecule has 1 aromatic carbocycles. The van der Waals surface area contributed by atoms with Gasteiger partial charge in [0.1, 0.15) is 11.6 Å².